The number of rotatable bonds is 2. The molecule has 0 aromatic heterocycles. The van der Waals surface area contributed by atoms with Crippen molar-refractivity contribution in [3.05, 3.63) is 28.7 Å². The van der Waals surface area contributed by atoms with Crippen LogP contribution in [0, 0.1) is 0 Å². The summed E-state index contributed by atoms with van der Waals surface area (Å²) in [6, 6.07) is 8.85. The van der Waals surface area contributed by atoms with Gasteiger partial charge in [-0.25, -0.2) is 0 Å². The molecule has 0 unspecified atom stereocenters. The normalized spacial score (nSPS) is 23.4. The molecule has 4 heteroatoms. The third kappa shape index (κ3) is 2.71. The Morgan fingerprint density at radius 2 is 1.89 bits per heavy atom. The number of anilines is 1. The summed E-state index contributed by atoms with van der Waals surface area (Å²) < 4.78 is 12.6. The van der Waals surface area contributed by atoms with Crippen molar-refractivity contribution in [2.75, 3.05) is 18.5 Å². The van der Waals surface area contributed by atoms with Gasteiger partial charge in [-0.1, -0.05) is 22.0 Å². The molecule has 0 radical (unpaired) electrons. The van der Waals surface area contributed by atoms with Crippen LogP contribution in [0.2, 0.25) is 0 Å². The van der Waals surface area contributed by atoms with Crippen molar-refractivity contribution in [3.63, 3.8) is 0 Å². The van der Waals surface area contributed by atoms with E-state index in [1.54, 1.807) is 0 Å². The van der Waals surface area contributed by atoms with Gasteiger partial charge in [0.25, 0.3) is 0 Å². The Kier molecular flexibility index (Phi) is 3.59. The largest absolute Gasteiger partial charge is 0.382 e. The molecule has 3 rings (SSSR count). The van der Waals surface area contributed by atoms with Crippen LogP contribution in [0.1, 0.15) is 25.7 Å². The van der Waals surface area contributed by atoms with Crippen LogP contribution in [0.25, 0.3) is 0 Å². The van der Waals surface area contributed by atoms with Gasteiger partial charge in [0, 0.05) is 29.0 Å². The van der Waals surface area contributed by atoms with Crippen LogP contribution in [0.5, 0.6) is 0 Å². The molecule has 1 heterocycles. The van der Waals surface area contributed by atoms with Gasteiger partial charge in [0.1, 0.15) is 0 Å². The zero-order valence-electron chi connectivity index (χ0n) is 10.3. The summed E-state index contributed by atoms with van der Waals surface area (Å²) >= 11 is 3.50. The Morgan fingerprint density at radius 1 is 1.17 bits per heavy atom. The van der Waals surface area contributed by atoms with Gasteiger partial charge >= 0.3 is 0 Å². The highest BCUT2D eigenvalue weighted by Crippen LogP contribution is 2.36. The Morgan fingerprint density at radius 3 is 2.56 bits per heavy atom. The minimum atomic E-state index is -0.255. The summed E-state index contributed by atoms with van der Waals surface area (Å²) in [5, 5.41) is 3.59. The number of benzene rings is 1. The number of nitrogens with one attached hydrogen (secondary N) is 1. The molecule has 98 valence electrons. The fraction of sp³-hybridized carbons (Fsp3) is 0.571. The maximum atomic E-state index is 5.74. The molecule has 1 spiro atoms. The molecule has 2 fully saturated rings. The summed E-state index contributed by atoms with van der Waals surface area (Å²) in [5.74, 6) is -0.255. The topological polar surface area (TPSA) is 30.5 Å². The smallest absolute Gasteiger partial charge is 0.168 e. The van der Waals surface area contributed by atoms with Crippen molar-refractivity contribution < 1.29 is 9.47 Å². The van der Waals surface area contributed by atoms with E-state index < -0.39 is 0 Å². The molecule has 0 bridgehead atoms. The highest BCUT2D eigenvalue weighted by molar-refractivity contribution is 9.10. The zero-order chi connectivity index (χ0) is 12.4. The lowest BCUT2D eigenvalue weighted by Crippen LogP contribution is -2.39. The minimum Gasteiger partial charge on any atom is -0.382 e. The second-order valence-electron chi connectivity index (χ2n) is 5.04. The van der Waals surface area contributed by atoms with Crippen molar-refractivity contribution in [2.24, 2.45) is 0 Å². The van der Waals surface area contributed by atoms with E-state index in [4.69, 9.17) is 9.47 Å². The molecule has 1 saturated heterocycles. The Bertz CT molecular complexity index is 408. The van der Waals surface area contributed by atoms with Gasteiger partial charge in [-0.3, -0.25) is 0 Å². The standard InChI is InChI=1S/C14H18BrNO2/c15-11-2-1-3-13(10-11)16-12-4-6-14(7-5-12)17-8-9-18-14/h1-3,10,12,16H,4-9H2. The first-order chi connectivity index (χ1) is 8.76. The van der Waals surface area contributed by atoms with Crippen molar-refractivity contribution >= 4 is 21.6 Å². The predicted octanol–water partition coefficient (Wildman–Crippen LogP) is 3.55. The van der Waals surface area contributed by atoms with Gasteiger partial charge in [-0.15, -0.1) is 0 Å². The van der Waals surface area contributed by atoms with E-state index in [1.807, 2.05) is 6.07 Å². The van der Waals surface area contributed by atoms with E-state index in [2.05, 4.69) is 39.4 Å². The number of ether oxygens (including phenoxy) is 2. The number of hydrogen-bond donors (Lipinski definition) is 1. The molecule has 2 aliphatic rings. The molecule has 1 aliphatic carbocycles. The average molecular weight is 312 g/mol. The summed E-state index contributed by atoms with van der Waals surface area (Å²) in [5.41, 5.74) is 1.18. The highest BCUT2D eigenvalue weighted by Gasteiger charge is 2.40. The van der Waals surface area contributed by atoms with Gasteiger partial charge in [-0.05, 0) is 31.0 Å². The first-order valence-corrected chi connectivity index (χ1v) is 7.35. The quantitative estimate of drug-likeness (QED) is 0.906. The van der Waals surface area contributed by atoms with Gasteiger partial charge in [0.05, 0.1) is 13.2 Å². The molecule has 1 aliphatic heterocycles. The number of halogens is 1. The molecule has 3 nitrogen and oxygen atoms in total. The first-order valence-electron chi connectivity index (χ1n) is 6.56. The fourth-order valence-electron chi connectivity index (χ4n) is 2.80. The van der Waals surface area contributed by atoms with Gasteiger partial charge in [-0.2, -0.15) is 0 Å². The van der Waals surface area contributed by atoms with Crippen LogP contribution in [0.15, 0.2) is 28.7 Å². The van der Waals surface area contributed by atoms with Crippen LogP contribution in [0.3, 0.4) is 0 Å². The predicted molar refractivity (Wildman–Crippen MR) is 74.7 cm³/mol. The van der Waals surface area contributed by atoms with Crippen molar-refractivity contribution in [3.8, 4) is 0 Å². The monoisotopic (exact) mass is 311 g/mol. The zero-order valence-corrected chi connectivity index (χ0v) is 11.9. The van der Waals surface area contributed by atoms with Crippen LogP contribution < -0.4 is 5.32 Å². The number of hydrogen-bond acceptors (Lipinski definition) is 3. The van der Waals surface area contributed by atoms with Gasteiger partial charge in [0.2, 0.25) is 0 Å². The van der Waals surface area contributed by atoms with Gasteiger partial charge in [0.15, 0.2) is 5.79 Å². The van der Waals surface area contributed by atoms with Gasteiger partial charge < -0.3 is 14.8 Å². The molecule has 18 heavy (non-hydrogen) atoms. The third-order valence-electron chi connectivity index (χ3n) is 3.76. The summed E-state index contributed by atoms with van der Waals surface area (Å²) in [6.07, 6.45) is 4.20. The van der Waals surface area contributed by atoms with E-state index in [0.29, 0.717) is 6.04 Å². The second kappa shape index (κ2) is 5.19. The van der Waals surface area contributed by atoms with E-state index in [9.17, 15) is 0 Å². The van der Waals surface area contributed by atoms with E-state index in [-0.39, 0.29) is 5.79 Å². The summed E-state index contributed by atoms with van der Waals surface area (Å²) in [4.78, 5) is 0. The lowest BCUT2D eigenvalue weighted by Gasteiger charge is -2.36. The molecule has 1 N–H and O–H groups in total. The maximum Gasteiger partial charge on any atom is 0.168 e. The van der Waals surface area contributed by atoms with Crippen LogP contribution >= 0.6 is 15.9 Å². The molecule has 1 aromatic carbocycles. The summed E-state index contributed by atoms with van der Waals surface area (Å²) in [6.45, 7) is 1.51. The van der Waals surface area contributed by atoms with Crippen molar-refractivity contribution in [1.29, 1.82) is 0 Å². The summed E-state index contributed by atoms with van der Waals surface area (Å²) in [7, 11) is 0. The highest BCUT2D eigenvalue weighted by atomic mass is 79.9. The van der Waals surface area contributed by atoms with Crippen LogP contribution in [-0.4, -0.2) is 25.0 Å². The lowest BCUT2D eigenvalue weighted by molar-refractivity contribution is -0.177. The molecule has 1 saturated carbocycles. The maximum absolute atomic E-state index is 5.74. The van der Waals surface area contributed by atoms with E-state index in [1.165, 1.54) is 5.69 Å². The first kappa shape index (κ1) is 12.5. The molecular weight excluding hydrogens is 294 g/mol. The van der Waals surface area contributed by atoms with E-state index >= 15 is 0 Å². The van der Waals surface area contributed by atoms with Crippen molar-refractivity contribution in [2.45, 2.75) is 37.5 Å². The van der Waals surface area contributed by atoms with Crippen LogP contribution in [0.4, 0.5) is 5.69 Å². The van der Waals surface area contributed by atoms with E-state index in [0.717, 1.165) is 43.4 Å². The third-order valence-corrected chi connectivity index (χ3v) is 4.25. The van der Waals surface area contributed by atoms with Crippen molar-refractivity contribution in [1.82, 2.24) is 0 Å². The Hall–Kier alpha value is -0.580. The average Bonchev–Trinajstić information content (AvgIpc) is 2.81. The molecular formula is C14H18BrNO2. The Balaban J connectivity index is 1.57. The second-order valence-corrected chi connectivity index (χ2v) is 5.95. The van der Waals surface area contributed by atoms with Crippen LogP contribution in [-0.2, 0) is 9.47 Å². The fourth-order valence-corrected chi connectivity index (χ4v) is 3.20. The lowest BCUT2D eigenvalue weighted by atomic mass is 9.90. The molecule has 1 aromatic rings. The molecule has 0 amide bonds. The Labute approximate surface area is 116 Å². The molecule has 0 atom stereocenters. The minimum absolute atomic E-state index is 0.255. The SMILES string of the molecule is Brc1cccc(NC2CCC3(CC2)OCCO3)c1.